The summed E-state index contributed by atoms with van der Waals surface area (Å²) in [5.74, 6) is -0.419. The first-order valence-electron chi connectivity index (χ1n) is 7.12. The van der Waals surface area contributed by atoms with Crippen molar-refractivity contribution in [3.05, 3.63) is 0 Å². The number of nitrogens with zero attached hydrogens (tertiary/aromatic N) is 1. The lowest BCUT2D eigenvalue weighted by atomic mass is 9.95. The fraction of sp³-hybridized carbons (Fsp3) is 0.857. The van der Waals surface area contributed by atoms with Gasteiger partial charge in [-0.25, -0.2) is 4.79 Å². The van der Waals surface area contributed by atoms with Crippen LogP contribution in [-0.2, 0) is 9.59 Å². The molecule has 4 heteroatoms. The molecule has 1 saturated heterocycles. The molecule has 0 aromatic rings. The van der Waals surface area contributed by atoms with Crippen molar-refractivity contribution in [3.8, 4) is 0 Å². The lowest BCUT2D eigenvalue weighted by Crippen LogP contribution is -2.41. The fourth-order valence-corrected chi connectivity index (χ4v) is 2.63. The van der Waals surface area contributed by atoms with Gasteiger partial charge in [0.1, 0.15) is 6.04 Å². The maximum absolute atomic E-state index is 12.2. The van der Waals surface area contributed by atoms with E-state index in [-0.39, 0.29) is 5.91 Å². The Morgan fingerprint density at radius 2 is 2.11 bits per heavy atom. The molecule has 0 radical (unpaired) electrons. The number of carbonyl (C=O) groups excluding carboxylic acids is 1. The number of likely N-dealkylation sites (tertiary alicyclic amines) is 1. The van der Waals surface area contributed by atoms with Gasteiger partial charge in [0.15, 0.2) is 0 Å². The van der Waals surface area contributed by atoms with Crippen molar-refractivity contribution in [2.45, 2.75) is 64.8 Å². The maximum atomic E-state index is 12.2. The van der Waals surface area contributed by atoms with E-state index < -0.39 is 12.0 Å². The van der Waals surface area contributed by atoms with Crippen LogP contribution < -0.4 is 0 Å². The van der Waals surface area contributed by atoms with Gasteiger partial charge in [-0.3, -0.25) is 4.79 Å². The predicted molar refractivity (Wildman–Crippen MR) is 70.3 cm³/mol. The summed E-state index contributed by atoms with van der Waals surface area (Å²) < 4.78 is 0. The molecule has 4 nitrogen and oxygen atoms in total. The third-order valence-corrected chi connectivity index (χ3v) is 3.86. The molecule has 18 heavy (non-hydrogen) atoms. The van der Waals surface area contributed by atoms with Crippen molar-refractivity contribution in [2.24, 2.45) is 5.92 Å². The molecule has 1 heterocycles. The summed E-state index contributed by atoms with van der Waals surface area (Å²) in [7, 11) is 0. The lowest BCUT2D eigenvalue weighted by Gasteiger charge is -2.24. The zero-order valence-corrected chi connectivity index (χ0v) is 11.5. The monoisotopic (exact) mass is 255 g/mol. The number of hydrogen-bond acceptors (Lipinski definition) is 2. The van der Waals surface area contributed by atoms with Gasteiger partial charge in [-0.1, -0.05) is 33.1 Å². The van der Waals surface area contributed by atoms with Crippen molar-refractivity contribution in [1.82, 2.24) is 4.90 Å². The topological polar surface area (TPSA) is 57.6 Å². The normalized spacial score (nSPS) is 21.0. The van der Waals surface area contributed by atoms with Crippen LogP contribution in [0.2, 0.25) is 0 Å². The molecule has 0 aromatic carbocycles. The Bertz CT molecular complexity index is 291. The highest BCUT2D eigenvalue weighted by Crippen LogP contribution is 2.23. The number of carbonyl (C=O) groups is 2. The highest BCUT2D eigenvalue weighted by Gasteiger charge is 2.34. The van der Waals surface area contributed by atoms with Crippen molar-refractivity contribution in [2.75, 3.05) is 6.54 Å². The van der Waals surface area contributed by atoms with E-state index in [0.717, 1.165) is 32.1 Å². The minimum absolute atomic E-state index is 0.0304. The summed E-state index contributed by atoms with van der Waals surface area (Å²) >= 11 is 0. The third kappa shape index (κ3) is 4.00. The van der Waals surface area contributed by atoms with Gasteiger partial charge in [0.05, 0.1) is 0 Å². The van der Waals surface area contributed by atoms with Crippen LogP contribution in [0.15, 0.2) is 0 Å². The van der Waals surface area contributed by atoms with E-state index in [0.29, 0.717) is 25.3 Å². The largest absolute Gasteiger partial charge is 0.480 e. The summed E-state index contributed by atoms with van der Waals surface area (Å²) in [5.41, 5.74) is 0. The van der Waals surface area contributed by atoms with Gasteiger partial charge in [0.25, 0.3) is 0 Å². The van der Waals surface area contributed by atoms with E-state index in [1.165, 1.54) is 0 Å². The van der Waals surface area contributed by atoms with Crippen LogP contribution >= 0.6 is 0 Å². The summed E-state index contributed by atoms with van der Waals surface area (Å²) in [6, 6.07) is -0.582. The minimum Gasteiger partial charge on any atom is -0.480 e. The molecule has 0 saturated carbocycles. The number of hydrogen-bond donors (Lipinski definition) is 1. The molecule has 0 spiro atoms. The van der Waals surface area contributed by atoms with Crippen LogP contribution in [-0.4, -0.2) is 34.5 Å². The van der Waals surface area contributed by atoms with Crippen molar-refractivity contribution in [1.29, 1.82) is 0 Å². The number of aliphatic carboxylic acids is 1. The molecular formula is C14H25NO3. The van der Waals surface area contributed by atoms with Gasteiger partial charge in [-0.2, -0.15) is 0 Å². The smallest absolute Gasteiger partial charge is 0.326 e. The Morgan fingerprint density at radius 1 is 1.39 bits per heavy atom. The van der Waals surface area contributed by atoms with E-state index in [9.17, 15) is 9.59 Å². The molecule has 2 atom stereocenters. The van der Waals surface area contributed by atoms with E-state index in [1.54, 1.807) is 4.90 Å². The summed E-state index contributed by atoms with van der Waals surface area (Å²) in [6.07, 6.45) is 6.30. The Hall–Kier alpha value is -1.06. The van der Waals surface area contributed by atoms with Crippen LogP contribution in [0.1, 0.15) is 58.8 Å². The van der Waals surface area contributed by atoms with Crippen molar-refractivity contribution < 1.29 is 14.7 Å². The Kier molecular flexibility index (Phi) is 6.16. The van der Waals surface area contributed by atoms with Crippen molar-refractivity contribution in [3.63, 3.8) is 0 Å². The average Bonchev–Trinajstić information content (AvgIpc) is 2.83. The van der Waals surface area contributed by atoms with E-state index in [4.69, 9.17) is 5.11 Å². The zero-order chi connectivity index (χ0) is 13.5. The van der Waals surface area contributed by atoms with Crippen LogP contribution in [0.25, 0.3) is 0 Å². The molecule has 0 bridgehead atoms. The molecule has 0 aliphatic carbocycles. The molecule has 1 amide bonds. The standard InChI is InChI=1S/C14H25NO3/c1-3-5-7-11(4-2)10-13(16)15-9-6-8-12(15)14(17)18/h11-12H,3-10H2,1-2H3,(H,17,18). The molecule has 1 fully saturated rings. The maximum Gasteiger partial charge on any atom is 0.326 e. The van der Waals surface area contributed by atoms with E-state index >= 15 is 0 Å². The quantitative estimate of drug-likeness (QED) is 0.761. The number of amides is 1. The average molecular weight is 255 g/mol. The number of unbranched alkanes of at least 4 members (excludes halogenated alkanes) is 1. The van der Waals surface area contributed by atoms with Gasteiger partial charge in [0, 0.05) is 13.0 Å². The molecule has 0 aromatic heterocycles. The Balaban J connectivity index is 2.50. The minimum atomic E-state index is -0.859. The highest BCUT2D eigenvalue weighted by molar-refractivity contribution is 5.84. The molecule has 1 rings (SSSR count). The molecular weight excluding hydrogens is 230 g/mol. The van der Waals surface area contributed by atoms with Crippen LogP contribution in [0.5, 0.6) is 0 Å². The number of carboxylic acid groups (broad SMARTS) is 1. The molecule has 2 unspecified atom stereocenters. The van der Waals surface area contributed by atoms with Gasteiger partial charge >= 0.3 is 5.97 Å². The fourth-order valence-electron chi connectivity index (χ4n) is 2.63. The summed E-state index contributed by atoms with van der Waals surface area (Å²) in [4.78, 5) is 24.8. The van der Waals surface area contributed by atoms with Gasteiger partial charge < -0.3 is 10.0 Å². The third-order valence-electron chi connectivity index (χ3n) is 3.86. The van der Waals surface area contributed by atoms with Crippen LogP contribution in [0.4, 0.5) is 0 Å². The first kappa shape index (κ1) is 15.0. The first-order valence-corrected chi connectivity index (χ1v) is 7.12. The van der Waals surface area contributed by atoms with E-state index in [2.05, 4.69) is 13.8 Å². The Morgan fingerprint density at radius 3 is 2.67 bits per heavy atom. The van der Waals surface area contributed by atoms with Gasteiger partial charge in [-0.05, 0) is 25.2 Å². The van der Waals surface area contributed by atoms with E-state index in [1.807, 2.05) is 0 Å². The highest BCUT2D eigenvalue weighted by atomic mass is 16.4. The SMILES string of the molecule is CCCCC(CC)CC(=O)N1CCCC1C(=O)O. The molecule has 1 aliphatic rings. The molecule has 1 aliphatic heterocycles. The Labute approximate surface area is 109 Å². The summed E-state index contributed by atoms with van der Waals surface area (Å²) in [6.45, 7) is 4.86. The molecule has 1 N–H and O–H groups in total. The summed E-state index contributed by atoms with van der Waals surface area (Å²) in [5, 5.41) is 9.07. The number of carboxylic acids is 1. The second-order valence-corrected chi connectivity index (χ2v) is 5.20. The number of rotatable bonds is 7. The first-order chi connectivity index (χ1) is 8.60. The van der Waals surface area contributed by atoms with Crippen molar-refractivity contribution >= 4 is 11.9 Å². The van der Waals surface area contributed by atoms with Crippen LogP contribution in [0, 0.1) is 5.92 Å². The second kappa shape index (κ2) is 7.39. The zero-order valence-electron chi connectivity index (χ0n) is 11.5. The van der Waals surface area contributed by atoms with Crippen LogP contribution in [0.3, 0.4) is 0 Å². The lowest BCUT2D eigenvalue weighted by molar-refractivity contribution is -0.148. The molecule has 104 valence electrons. The van der Waals surface area contributed by atoms with Gasteiger partial charge in [0.2, 0.25) is 5.91 Å². The second-order valence-electron chi connectivity index (χ2n) is 5.20. The van der Waals surface area contributed by atoms with Gasteiger partial charge in [-0.15, -0.1) is 0 Å². The predicted octanol–water partition coefficient (Wildman–Crippen LogP) is 2.67.